The highest BCUT2D eigenvalue weighted by molar-refractivity contribution is 5.37. The number of hydrogen-bond donors (Lipinski definition) is 1. The second-order valence-electron chi connectivity index (χ2n) is 5.06. The standard InChI is InChI=1S/C15H20N2O/c1-12-8-13(9-16)5-6-14(12)10-17-7-3-2-4-15(17)11-18/h5-6,8,15,18H,2-4,7,10-11H2,1H3. The molecule has 0 saturated carbocycles. The Labute approximate surface area is 109 Å². The molecule has 1 aliphatic heterocycles. The van der Waals surface area contributed by atoms with Crippen molar-refractivity contribution in [2.45, 2.75) is 38.8 Å². The molecular weight excluding hydrogens is 224 g/mol. The van der Waals surface area contributed by atoms with Gasteiger partial charge in [0.15, 0.2) is 0 Å². The fourth-order valence-corrected chi connectivity index (χ4v) is 2.64. The van der Waals surface area contributed by atoms with Gasteiger partial charge in [-0.15, -0.1) is 0 Å². The lowest BCUT2D eigenvalue weighted by molar-refractivity contribution is 0.0840. The maximum absolute atomic E-state index is 9.41. The van der Waals surface area contributed by atoms with E-state index in [0.717, 1.165) is 25.1 Å². The molecule has 1 unspecified atom stereocenters. The number of piperidine rings is 1. The average molecular weight is 244 g/mol. The van der Waals surface area contributed by atoms with Gasteiger partial charge in [0.05, 0.1) is 18.2 Å². The van der Waals surface area contributed by atoms with Gasteiger partial charge in [0.2, 0.25) is 0 Å². The van der Waals surface area contributed by atoms with Crippen molar-refractivity contribution in [1.29, 1.82) is 5.26 Å². The first-order valence-electron chi connectivity index (χ1n) is 6.59. The molecule has 1 atom stereocenters. The van der Waals surface area contributed by atoms with Gasteiger partial charge in [0.25, 0.3) is 0 Å². The number of aryl methyl sites for hydroxylation is 1. The summed E-state index contributed by atoms with van der Waals surface area (Å²) in [5, 5.41) is 18.3. The Morgan fingerprint density at radius 2 is 2.28 bits per heavy atom. The second kappa shape index (κ2) is 5.99. The van der Waals surface area contributed by atoms with Gasteiger partial charge >= 0.3 is 0 Å². The molecule has 96 valence electrons. The second-order valence-corrected chi connectivity index (χ2v) is 5.06. The quantitative estimate of drug-likeness (QED) is 0.886. The molecule has 0 aromatic heterocycles. The molecule has 0 spiro atoms. The van der Waals surface area contributed by atoms with E-state index >= 15 is 0 Å². The lowest BCUT2D eigenvalue weighted by Crippen LogP contribution is -2.41. The SMILES string of the molecule is Cc1cc(C#N)ccc1CN1CCCCC1CO. The van der Waals surface area contributed by atoms with Crippen molar-refractivity contribution in [3.63, 3.8) is 0 Å². The van der Waals surface area contributed by atoms with E-state index in [4.69, 9.17) is 5.26 Å². The topological polar surface area (TPSA) is 47.3 Å². The minimum Gasteiger partial charge on any atom is -0.395 e. The van der Waals surface area contributed by atoms with Crippen LogP contribution in [0.25, 0.3) is 0 Å². The van der Waals surface area contributed by atoms with Crippen molar-refractivity contribution in [2.24, 2.45) is 0 Å². The Morgan fingerprint density at radius 3 is 2.94 bits per heavy atom. The fourth-order valence-electron chi connectivity index (χ4n) is 2.64. The van der Waals surface area contributed by atoms with Gasteiger partial charge in [-0.1, -0.05) is 12.5 Å². The van der Waals surface area contributed by atoms with Crippen LogP contribution in [0.5, 0.6) is 0 Å². The Bertz CT molecular complexity index is 450. The lowest BCUT2D eigenvalue weighted by atomic mass is 10.00. The van der Waals surface area contributed by atoms with Crippen LogP contribution in [0.3, 0.4) is 0 Å². The summed E-state index contributed by atoms with van der Waals surface area (Å²) >= 11 is 0. The molecule has 2 rings (SSSR count). The molecule has 0 radical (unpaired) electrons. The molecule has 1 saturated heterocycles. The number of benzene rings is 1. The summed E-state index contributed by atoms with van der Waals surface area (Å²) in [5.41, 5.74) is 3.14. The van der Waals surface area contributed by atoms with Gasteiger partial charge in [0.1, 0.15) is 0 Å². The summed E-state index contributed by atoms with van der Waals surface area (Å²) in [6.45, 7) is 4.23. The maximum atomic E-state index is 9.41. The van der Waals surface area contributed by atoms with Crippen molar-refractivity contribution >= 4 is 0 Å². The highest BCUT2D eigenvalue weighted by atomic mass is 16.3. The maximum Gasteiger partial charge on any atom is 0.0991 e. The molecule has 0 bridgehead atoms. The van der Waals surface area contributed by atoms with Crippen molar-refractivity contribution in [2.75, 3.05) is 13.2 Å². The van der Waals surface area contributed by atoms with E-state index < -0.39 is 0 Å². The van der Waals surface area contributed by atoms with Crippen LogP contribution in [0.2, 0.25) is 0 Å². The van der Waals surface area contributed by atoms with Gasteiger partial charge in [-0.25, -0.2) is 0 Å². The first kappa shape index (κ1) is 13.1. The number of nitrogens with zero attached hydrogens (tertiary/aromatic N) is 2. The third kappa shape index (κ3) is 2.90. The van der Waals surface area contributed by atoms with E-state index in [-0.39, 0.29) is 6.61 Å². The van der Waals surface area contributed by atoms with Crippen LogP contribution >= 0.6 is 0 Å². The van der Waals surface area contributed by atoms with E-state index in [9.17, 15) is 5.11 Å². The summed E-state index contributed by atoms with van der Waals surface area (Å²) in [7, 11) is 0. The summed E-state index contributed by atoms with van der Waals surface area (Å²) < 4.78 is 0. The summed E-state index contributed by atoms with van der Waals surface area (Å²) in [6, 6.07) is 8.32. The zero-order valence-corrected chi connectivity index (χ0v) is 10.9. The van der Waals surface area contributed by atoms with Crippen molar-refractivity contribution in [3.8, 4) is 6.07 Å². The van der Waals surface area contributed by atoms with E-state index in [1.165, 1.54) is 18.4 Å². The smallest absolute Gasteiger partial charge is 0.0991 e. The Balaban J connectivity index is 2.10. The molecule has 3 nitrogen and oxygen atoms in total. The van der Waals surface area contributed by atoms with Crippen LogP contribution in [0.1, 0.15) is 36.0 Å². The molecule has 1 heterocycles. The molecule has 18 heavy (non-hydrogen) atoms. The van der Waals surface area contributed by atoms with E-state index in [1.807, 2.05) is 25.1 Å². The minimum atomic E-state index is 0.245. The predicted molar refractivity (Wildman–Crippen MR) is 71.0 cm³/mol. The highest BCUT2D eigenvalue weighted by Crippen LogP contribution is 2.21. The van der Waals surface area contributed by atoms with E-state index in [0.29, 0.717) is 11.6 Å². The molecule has 1 aromatic carbocycles. The number of nitriles is 1. The van der Waals surface area contributed by atoms with Crippen molar-refractivity contribution in [3.05, 3.63) is 34.9 Å². The van der Waals surface area contributed by atoms with Gasteiger partial charge in [0, 0.05) is 12.6 Å². The Hall–Kier alpha value is -1.37. The molecule has 1 N–H and O–H groups in total. The number of aliphatic hydroxyl groups is 1. The molecule has 0 aliphatic carbocycles. The van der Waals surface area contributed by atoms with Crippen LogP contribution < -0.4 is 0 Å². The van der Waals surface area contributed by atoms with Crippen molar-refractivity contribution < 1.29 is 5.11 Å². The zero-order chi connectivity index (χ0) is 13.0. The molecule has 3 heteroatoms. The largest absolute Gasteiger partial charge is 0.395 e. The molecule has 1 aliphatic rings. The van der Waals surface area contributed by atoms with Gasteiger partial charge in [-0.05, 0) is 49.6 Å². The molecule has 1 fully saturated rings. The van der Waals surface area contributed by atoms with Crippen LogP contribution in [0, 0.1) is 18.3 Å². The van der Waals surface area contributed by atoms with E-state index in [2.05, 4.69) is 11.0 Å². The van der Waals surface area contributed by atoms with Gasteiger partial charge < -0.3 is 5.11 Å². The van der Waals surface area contributed by atoms with Crippen molar-refractivity contribution in [1.82, 2.24) is 4.90 Å². The minimum absolute atomic E-state index is 0.245. The van der Waals surface area contributed by atoms with Crippen LogP contribution in [0.15, 0.2) is 18.2 Å². The lowest BCUT2D eigenvalue weighted by Gasteiger charge is -2.34. The molecule has 1 aromatic rings. The predicted octanol–water partition coefficient (Wildman–Crippen LogP) is 2.21. The van der Waals surface area contributed by atoms with Crippen LogP contribution in [0.4, 0.5) is 0 Å². The van der Waals surface area contributed by atoms with Crippen LogP contribution in [-0.2, 0) is 6.54 Å². The fraction of sp³-hybridized carbons (Fsp3) is 0.533. The molecule has 0 amide bonds. The Kier molecular flexibility index (Phi) is 4.35. The normalized spacial score (nSPS) is 20.6. The highest BCUT2D eigenvalue weighted by Gasteiger charge is 2.21. The number of likely N-dealkylation sites (tertiary alicyclic amines) is 1. The first-order chi connectivity index (χ1) is 8.74. The number of aliphatic hydroxyl groups excluding tert-OH is 1. The first-order valence-corrected chi connectivity index (χ1v) is 6.59. The summed E-state index contributed by atoms with van der Waals surface area (Å²) in [4.78, 5) is 2.36. The summed E-state index contributed by atoms with van der Waals surface area (Å²) in [5.74, 6) is 0. The zero-order valence-electron chi connectivity index (χ0n) is 10.9. The average Bonchev–Trinajstić information content (AvgIpc) is 2.41. The molecular formula is C15H20N2O. The monoisotopic (exact) mass is 244 g/mol. The van der Waals surface area contributed by atoms with Crippen LogP contribution in [-0.4, -0.2) is 29.2 Å². The summed E-state index contributed by atoms with van der Waals surface area (Å²) in [6.07, 6.45) is 3.52. The Morgan fingerprint density at radius 1 is 1.44 bits per heavy atom. The number of rotatable bonds is 3. The van der Waals surface area contributed by atoms with E-state index in [1.54, 1.807) is 0 Å². The number of hydrogen-bond acceptors (Lipinski definition) is 3. The third-order valence-corrected chi connectivity index (χ3v) is 3.80. The van der Waals surface area contributed by atoms with Gasteiger partial charge in [-0.2, -0.15) is 5.26 Å². The van der Waals surface area contributed by atoms with Gasteiger partial charge in [-0.3, -0.25) is 4.90 Å². The third-order valence-electron chi connectivity index (χ3n) is 3.80.